The van der Waals surface area contributed by atoms with Crippen molar-refractivity contribution in [3.63, 3.8) is 0 Å². The van der Waals surface area contributed by atoms with Gasteiger partial charge in [-0.2, -0.15) is 0 Å². The lowest BCUT2D eigenvalue weighted by atomic mass is 9.96. The first-order valence-corrected chi connectivity index (χ1v) is 5.08. The van der Waals surface area contributed by atoms with E-state index in [1.54, 1.807) is 12.4 Å². The van der Waals surface area contributed by atoms with Crippen molar-refractivity contribution in [3.05, 3.63) is 24.5 Å². The van der Waals surface area contributed by atoms with E-state index in [4.69, 9.17) is 4.74 Å². The number of rotatable bonds is 2. The number of aromatic nitrogens is 1. The minimum atomic E-state index is -0.0559. The van der Waals surface area contributed by atoms with Gasteiger partial charge in [0.2, 0.25) is 0 Å². The standard InChI is InChI=1S/C11H16N2O/c1-11(5-2-6-13-9-11)14-10-3-7-12-8-4-10/h3-4,7-8,13H,2,5-6,9H2,1H3. The van der Waals surface area contributed by atoms with E-state index >= 15 is 0 Å². The summed E-state index contributed by atoms with van der Waals surface area (Å²) in [5.74, 6) is 0.909. The van der Waals surface area contributed by atoms with Gasteiger partial charge in [-0.05, 0) is 38.4 Å². The third-order valence-electron chi connectivity index (χ3n) is 2.57. The fraction of sp³-hybridized carbons (Fsp3) is 0.545. The number of piperidine rings is 1. The Kier molecular flexibility index (Phi) is 2.68. The van der Waals surface area contributed by atoms with E-state index in [2.05, 4.69) is 17.2 Å². The molecule has 1 atom stereocenters. The summed E-state index contributed by atoms with van der Waals surface area (Å²) in [5, 5.41) is 3.35. The summed E-state index contributed by atoms with van der Waals surface area (Å²) in [7, 11) is 0. The van der Waals surface area contributed by atoms with Crippen LogP contribution in [-0.2, 0) is 0 Å². The van der Waals surface area contributed by atoms with E-state index in [-0.39, 0.29) is 5.60 Å². The predicted molar refractivity (Wildman–Crippen MR) is 55.4 cm³/mol. The molecule has 0 spiro atoms. The number of pyridine rings is 1. The molecule has 0 aromatic carbocycles. The van der Waals surface area contributed by atoms with Crippen LogP contribution < -0.4 is 10.1 Å². The highest BCUT2D eigenvalue weighted by Gasteiger charge is 2.28. The van der Waals surface area contributed by atoms with Gasteiger partial charge < -0.3 is 10.1 Å². The fourth-order valence-corrected chi connectivity index (χ4v) is 1.81. The fourth-order valence-electron chi connectivity index (χ4n) is 1.81. The van der Waals surface area contributed by atoms with Crippen LogP contribution in [-0.4, -0.2) is 23.7 Å². The zero-order valence-electron chi connectivity index (χ0n) is 8.49. The highest BCUT2D eigenvalue weighted by Crippen LogP contribution is 2.23. The van der Waals surface area contributed by atoms with E-state index in [0.29, 0.717) is 0 Å². The van der Waals surface area contributed by atoms with Crippen LogP contribution in [0.3, 0.4) is 0 Å². The molecule has 1 aliphatic rings. The van der Waals surface area contributed by atoms with Crippen molar-refractivity contribution in [1.82, 2.24) is 10.3 Å². The molecule has 1 unspecified atom stereocenters. The molecule has 0 radical (unpaired) electrons. The normalized spacial score (nSPS) is 27.2. The molecule has 0 saturated carbocycles. The van der Waals surface area contributed by atoms with Gasteiger partial charge in [0.1, 0.15) is 11.4 Å². The molecule has 3 nitrogen and oxygen atoms in total. The van der Waals surface area contributed by atoms with Crippen LogP contribution >= 0.6 is 0 Å². The molecule has 1 aromatic rings. The molecular formula is C11H16N2O. The predicted octanol–water partition coefficient (Wildman–Crippen LogP) is 1.60. The van der Waals surface area contributed by atoms with Gasteiger partial charge in [-0.15, -0.1) is 0 Å². The monoisotopic (exact) mass is 192 g/mol. The van der Waals surface area contributed by atoms with Crippen LogP contribution in [0.5, 0.6) is 5.75 Å². The third-order valence-corrected chi connectivity index (χ3v) is 2.57. The first kappa shape index (κ1) is 9.46. The van der Waals surface area contributed by atoms with Gasteiger partial charge in [-0.25, -0.2) is 0 Å². The lowest BCUT2D eigenvalue weighted by molar-refractivity contribution is 0.0614. The van der Waals surface area contributed by atoms with Crippen molar-refractivity contribution >= 4 is 0 Å². The van der Waals surface area contributed by atoms with Crippen LogP contribution in [0.2, 0.25) is 0 Å². The van der Waals surface area contributed by atoms with E-state index in [0.717, 1.165) is 25.3 Å². The molecule has 1 N–H and O–H groups in total. The Labute approximate surface area is 84.5 Å². The van der Waals surface area contributed by atoms with Crippen molar-refractivity contribution in [2.45, 2.75) is 25.4 Å². The molecule has 0 aliphatic carbocycles. The minimum absolute atomic E-state index is 0.0559. The van der Waals surface area contributed by atoms with Gasteiger partial charge in [0.25, 0.3) is 0 Å². The molecule has 1 fully saturated rings. The van der Waals surface area contributed by atoms with Crippen molar-refractivity contribution in [1.29, 1.82) is 0 Å². The molecule has 3 heteroatoms. The molecule has 1 saturated heterocycles. The maximum Gasteiger partial charge on any atom is 0.123 e. The second-order valence-corrected chi connectivity index (χ2v) is 4.02. The topological polar surface area (TPSA) is 34.1 Å². The summed E-state index contributed by atoms with van der Waals surface area (Å²) in [6.07, 6.45) is 5.81. The van der Waals surface area contributed by atoms with Gasteiger partial charge in [0.15, 0.2) is 0 Å². The van der Waals surface area contributed by atoms with Crippen molar-refractivity contribution in [2.75, 3.05) is 13.1 Å². The maximum atomic E-state index is 5.94. The summed E-state index contributed by atoms with van der Waals surface area (Å²) in [4.78, 5) is 3.97. The lowest BCUT2D eigenvalue weighted by Crippen LogP contribution is -2.47. The first-order chi connectivity index (χ1) is 6.79. The SMILES string of the molecule is CC1(Oc2ccncc2)CCCNC1. The van der Waals surface area contributed by atoms with Crippen LogP contribution in [0.15, 0.2) is 24.5 Å². The van der Waals surface area contributed by atoms with E-state index in [1.165, 1.54) is 6.42 Å². The van der Waals surface area contributed by atoms with Crippen LogP contribution in [0, 0.1) is 0 Å². The van der Waals surface area contributed by atoms with Crippen molar-refractivity contribution < 1.29 is 4.74 Å². The number of ether oxygens (including phenoxy) is 1. The van der Waals surface area contributed by atoms with E-state index in [9.17, 15) is 0 Å². The highest BCUT2D eigenvalue weighted by molar-refractivity contribution is 5.18. The number of nitrogens with one attached hydrogen (secondary N) is 1. The molecule has 0 bridgehead atoms. The second-order valence-electron chi connectivity index (χ2n) is 4.02. The Balaban J connectivity index is 2.02. The van der Waals surface area contributed by atoms with E-state index in [1.807, 2.05) is 12.1 Å². The molecular weight excluding hydrogens is 176 g/mol. The average Bonchev–Trinajstić information content (AvgIpc) is 2.19. The van der Waals surface area contributed by atoms with Gasteiger partial charge >= 0.3 is 0 Å². The third kappa shape index (κ3) is 2.23. The molecule has 76 valence electrons. The van der Waals surface area contributed by atoms with Gasteiger partial charge in [-0.1, -0.05) is 0 Å². The molecule has 2 heterocycles. The Bertz CT molecular complexity index is 281. The van der Waals surface area contributed by atoms with Crippen molar-refractivity contribution in [2.24, 2.45) is 0 Å². The largest absolute Gasteiger partial charge is 0.486 e. The Hall–Kier alpha value is -1.09. The highest BCUT2D eigenvalue weighted by atomic mass is 16.5. The van der Waals surface area contributed by atoms with E-state index < -0.39 is 0 Å². The summed E-state index contributed by atoms with van der Waals surface area (Å²) in [5.41, 5.74) is -0.0559. The summed E-state index contributed by atoms with van der Waals surface area (Å²) in [6.45, 7) is 4.18. The van der Waals surface area contributed by atoms with Crippen LogP contribution in [0.25, 0.3) is 0 Å². The summed E-state index contributed by atoms with van der Waals surface area (Å²) in [6, 6.07) is 3.81. The Morgan fingerprint density at radius 1 is 1.43 bits per heavy atom. The second kappa shape index (κ2) is 3.96. The number of hydrogen-bond donors (Lipinski definition) is 1. The molecule has 1 aliphatic heterocycles. The maximum absolute atomic E-state index is 5.94. The van der Waals surface area contributed by atoms with Gasteiger partial charge in [0, 0.05) is 18.9 Å². The molecule has 0 amide bonds. The van der Waals surface area contributed by atoms with Crippen LogP contribution in [0.4, 0.5) is 0 Å². The summed E-state index contributed by atoms with van der Waals surface area (Å²) >= 11 is 0. The zero-order chi connectivity index (χ0) is 9.86. The minimum Gasteiger partial charge on any atom is -0.486 e. The zero-order valence-corrected chi connectivity index (χ0v) is 8.49. The molecule has 14 heavy (non-hydrogen) atoms. The molecule has 2 rings (SSSR count). The quantitative estimate of drug-likeness (QED) is 0.773. The van der Waals surface area contributed by atoms with Gasteiger partial charge in [-0.3, -0.25) is 4.98 Å². The molecule has 1 aromatic heterocycles. The first-order valence-electron chi connectivity index (χ1n) is 5.08. The number of nitrogens with zero attached hydrogens (tertiary/aromatic N) is 1. The number of hydrogen-bond acceptors (Lipinski definition) is 3. The van der Waals surface area contributed by atoms with Gasteiger partial charge in [0.05, 0.1) is 0 Å². The summed E-state index contributed by atoms with van der Waals surface area (Å²) < 4.78 is 5.94. The van der Waals surface area contributed by atoms with Crippen molar-refractivity contribution in [3.8, 4) is 5.75 Å². The van der Waals surface area contributed by atoms with Crippen LogP contribution in [0.1, 0.15) is 19.8 Å². The smallest absolute Gasteiger partial charge is 0.123 e. The Morgan fingerprint density at radius 2 is 2.21 bits per heavy atom. The Morgan fingerprint density at radius 3 is 2.86 bits per heavy atom. The lowest BCUT2D eigenvalue weighted by Gasteiger charge is -2.34. The average molecular weight is 192 g/mol.